The van der Waals surface area contributed by atoms with Crippen molar-refractivity contribution in [2.45, 2.75) is 0 Å². The molecule has 3 aromatic heterocycles. The van der Waals surface area contributed by atoms with E-state index in [1.54, 1.807) is 35.9 Å². The van der Waals surface area contributed by atoms with Crippen molar-refractivity contribution < 1.29 is 4.39 Å². The number of hydrogen-bond donors (Lipinski definition) is 1. The lowest BCUT2D eigenvalue weighted by atomic mass is 10.1. The Balaban J connectivity index is 1.90. The molecule has 0 spiro atoms. The number of imidazole rings is 1. The van der Waals surface area contributed by atoms with E-state index < -0.39 is 0 Å². The molecule has 5 heteroatoms. The molecule has 0 radical (unpaired) electrons. The molecule has 3 heterocycles. The predicted molar refractivity (Wildman–Crippen MR) is 90.5 cm³/mol. The number of aromatic amines is 1. The Morgan fingerprint density at radius 1 is 0.870 bits per heavy atom. The minimum atomic E-state index is -0.257. The van der Waals surface area contributed by atoms with Gasteiger partial charge in [-0.15, -0.1) is 0 Å². The zero-order valence-corrected chi connectivity index (χ0v) is 12.8. The number of thiophene rings is 1. The number of benzene rings is 1. The van der Waals surface area contributed by atoms with Gasteiger partial charge in [-0.25, -0.2) is 9.37 Å². The quantitative estimate of drug-likeness (QED) is 0.576. The number of hydrogen-bond acceptors (Lipinski definition) is 3. The number of nitrogens with zero attached hydrogens (tertiary/aromatic N) is 2. The Bertz CT molecular complexity index is 913. The van der Waals surface area contributed by atoms with Gasteiger partial charge in [0, 0.05) is 34.5 Å². The van der Waals surface area contributed by atoms with Crippen LogP contribution in [0, 0.1) is 5.82 Å². The van der Waals surface area contributed by atoms with Crippen LogP contribution in [-0.4, -0.2) is 15.0 Å². The Hall–Kier alpha value is -2.79. The third-order valence-corrected chi connectivity index (χ3v) is 4.27. The minimum Gasteiger partial charge on any atom is -0.337 e. The molecule has 0 saturated heterocycles. The van der Waals surface area contributed by atoms with E-state index in [4.69, 9.17) is 4.98 Å². The average molecular weight is 321 g/mol. The molecule has 0 amide bonds. The van der Waals surface area contributed by atoms with Crippen molar-refractivity contribution in [3.05, 3.63) is 71.4 Å². The molecule has 4 aromatic rings. The first-order valence-electron chi connectivity index (χ1n) is 7.10. The molecule has 4 rings (SSSR count). The van der Waals surface area contributed by atoms with E-state index in [2.05, 4.69) is 9.97 Å². The van der Waals surface area contributed by atoms with Crippen LogP contribution in [0.4, 0.5) is 4.39 Å². The summed E-state index contributed by atoms with van der Waals surface area (Å²) in [4.78, 5) is 12.2. The molecule has 0 fully saturated rings. The largest absolute Gasteiger partial charge is 0.337 e. The summed E-state index contributed by atoms with van der Waals surface area (Å²) < 4.78 is 13.2. The van der Waals surface area contributed by atoms with Gasteiger partial charge in [0.15, 0.2) is 0 Å². The van der Waals surface area contributed by atoms with Gasteiger partial charge in [-0.05, 0) is 47.8 Å². The molecule has 0 aliphatic carbocycles. The first-order chi connectivity index (χ1) is 11.3. The summed E-state index contributed by atoms with van der Waals surface area (Å²) in [6, 6.07) is 12.3. The Morgan fingerprint density at radius 3 is 2.35 bits per heavy atom. The first-order valence-corrected chi connectivity index (χ1v) is 8.04. The minimum absolute atomic E-state index is 0.257. The van der Waals surface area contributed by atoms with Crippen LogP contribution in [-0.2, 0) is 0 Å². The number of halogens is 1. The van der Waals surface area contributed by atoms with E-state index >= 15 is 0 Å². The van der Waals surface area contributed by atoms with Crippen LogP contribution in [0.25, 0.3) is 33.9 Å². The van der Waals surface area contributed by atoms with Gasteiger partial charge in [0.2, 0.25) is 0 Å². The van der Waals surface area contributed by atoms with Crippen molar-refractivity contribution in [1.29, 1.82) is 0 Å². The number of nitrogens with one attached hydrogen (secondary N) is 1. The van der Waals surface area contributed by atoms with Crippen molar-refractivity contribution in [2.24, 2.45) is 0 Å². The molecule has 1 N–H and O–H groups in total. The molecule has 0 atom stereocenters. The normalized spacial score (nSPS) is 10.8. The zero-order chi connectivity index (χ0) is 15.6. The fourth-order valence-corrected chi connectivity index (χ4v) is 3.09. The van der Waals surface area contributed by atoms with Gasteiger partial charge < -0.3 is 4.98 Å². The van der Waals surface area contributed by atoms with E-state index in [1.165, 1.54) is 12.1 Å². The molecule has 0 saturated carbocycles. The highest BCUT2D eigenvalue weighted by molar-refractivity contribution is 7.08. The molecule has 3 nitrogen and oxygen atoms in total. The smallest absolute Gasteiger partial charge is 0.139 e. The summed E-state index contributed by atoms with van der Waals surface area (Å²) >= 11 is 1.62. The van der Waals surface area contributed by atoms with Crippen molar-refractivity contribution in [3.8, 4) is 33.9 Å². The van der Waals surface area contributed by atoms with Gasteiger partial charge in [0.05, 0.1) is 11.4 Å². The second-order valence-electron chi connectivity index (χ2n) is 5.06. The SMILES string of the molecule is Fc1ccc(-c2nc(-c3ccsc3)[nH]c2-c2ccncc2)cc1. The lowest BCUT2D eigenvalue weighted by Crippen LogP contribution is -1.84. The maximum absolute atomic E-state index is 13.2. The fraction of sp³-hybridized carbons (Fsp3) is 0. The highest BCUT2D eigenvalue weighted by atomic mass is 32.1. The van der Waals surface area contributed by atoms with Gasteiger partial charge in [0.1, 0.15) is 11.6 Å². The maximum Gasteiger partial charge on any atom is 0.139 e. The van der Waals surface area contributed by atoms with E-state index in [0.29, 0.717) is 0 Å². The Morgan fingerprint density at radius 2 is 1.65 bits per heavy atom. The van der Waals surface area contributed by atoms with Crippen LogP contribution in [0.15, 0.2) is 65.6 Å². The van der Waals surface area contributed by atoms with E-state index in [1.807, 2.05) is 29.0 Å². The van der Waals surface area contributed by atoms with E-state index in [9.17, 15) is 4.39 Å². The average Bonchev–Trinajstić information content (AvgIpc) is 3.26. The molecule has 23 heavy (non-hydrogen) atoms. The van der Waals surface area contributed by atoms with Gasteiger partial charge >= 0.3 is 0 Å². The highest BCUT2D eigenvalue weighted by Crippen LogP contribution is 2.33. The topological polar surface area (TPSA) is 41.6 Å². The second kappa shape index (κ2) is 5.78. The predicted octanol–water partition coefficient (Wildman–Crippen LogP) is 5.01. The monoisotopic (exact) mass is 321 g/mol. The third-order valence-electron chi connectivity index (χ3n) is 3.59. The summed E-state index contributed by atoms with van der Waals surface area (Å²) in [5.41, 5.74) is 4.61. The lowest BCUT2D eigenvalue weighted by molar-refractivity contribution is 0.628. The van der Waals surface area contributed by atoms with E-state index in [0.717, 1.165) is 33.9 Å². The van der Waals surface area contributed by atoms with Crippen LogP contribution >= 0.6 is 11.3 Å². The first kappa shape index (κ1) is 13.8. The molecule has 1 aromatic carbocycles. The maximum atomic E-state index is 13.2. The molecule has 0 aliphatic rings. The summed E-state index contributed by atoms with van der Waals surface area (Å²) in [5, 5.41) is 4.06. The Kier molecular flexibility index (Phi) is 3.48. The fourth-order valence-electron chi connectivity index (χ4n) is 2.45. The molecular formula is C18H12FN3S. The van der Waals surface area contributed by atoms with Gasteiger partial charge in [-0.3, -0.25) is 4.98 Å². The molecule has 112 valence electrons. The summed E-state index contributed by atoms with van der Waals surface area (Å²) in [6.07, 6.45) is 3.49. The van der Waals surface area contributed by atoms with E-state index in [-0.39, 0.29) is 5.82 Å². The highest BCUT2D eigenvalue weighted by Gasteiger charge is 2.15. The van der Waals surface area contributed by atoms with Crippen molar-refractivity contribution >= 4 is 11.3 Å². The second-order valence-corrected chi connectivity index (χ2v) is 5.84. The summed E-state index contributed by atoms with van der Waals surface area (Å²) in [6.45, 7) is 0. The van der Waals surface area contributed by atoms with Gasteiger partial charge in [-0.2, -0.15) is 11.3 Å². The zero-order valence-electron chi connectivity index (χ0n) is 12.0. The summed E-state index contributed by atoms with van der Waals surface area (Å²) in [7, 11) is 0. The molecular weight excluding hydrogens is 309 g/mol. The number of H-pyrrole nitrogens is 1. The lowest BCUT2D eigenvalue weighted by Gasteiger charge is -2.02. The Labute approximate surface area is 136 Å². The van der Waals surface area contributed by atoms with Crippen LogP contribution in [0.1, 0.15) is 0 Å². The number of pyridine rings is 1. The van der Waals surface area contributed by atoms with Crippen molar-refractivity contribution in [1.82, 2.24) is 15.0 Å². The molecule has 0 bridgehead atoms. The van der Waals surface area contributed by atoms with Gasteiger partial charge in [0.25, 0.3) is 0 Å². The van der Waals surface area contributed by atoms with Crippen LogP contribution in [0.5, 0.6) is 0 Å². The van der Waals surface area contributed by atoms with Gasteiger partial charge in [-0.1, -0.05) is 0 Å². The summed E-state index contributed by atoms with van der Waals surface area (Å²) in [5.74, 6) is 0.546. The number of aromatic nitrogens is 3. The van der Waals surface area contributed by atoms with Crippen LogP contribution in [0.2, 0.25) is 0 Å². The third kappa shape index (κ3) is 2.66. The molecule has 0 aliphatic heterocycles. The van der Waals surface area contributed by atoms with Crippen molar-refractivity contribution in [3.63, 3.8) is 0 Å². The van der Waals surface area contributed by atoms with Crippen LogP contribution < -0.4 is 0 Å². The standard InChI is InChI=1S/C18H12FN3S/c19-15-3-1-12(2-4-15)16-17(13-5-8-20-9-6-13)22-18(21-16)14-7-10-23-11-14/h1-11H,(H,21,22). The number of rotatable bonds is 3. The van der Waals surface area contributed by atoms with Crippen LogP contribution in [0.3, 0.4) is 0 Å². The molecule has 0 unspecified atom stereocenters. The van der Waals surface area contributed by atoms with Crippen molar-refractivity contribution in [2.75, 3.05) is 0 Å².